The van der Waals surface area contributed by atoms with Crippen molar-refractivity contribution in [3.05, 3.63) is 103 Å². The van der Waals surface area contributed by atoms with Crippen LogP contribution in [-0.4, -0.2) is 28.9 Å². The molecule has 0 atom stereocenters. The van der Waals surface area contributed by atoms with Crippen LogP contribution in [0.1, 0.15) is 20.7 Å². The van der Waals surface area contributed by atoms with E-state index in [2.05, 4.69) is 20.6 Å². The molecule has 2 amide bonds. The number of rotatable bonds is 6. The van der Waals surface area contributed by atoms with Gasteiger partial charge in [0, 0.05) is 29.5 Å². The Balaban J connectivity index is 1.42. The Morgan fingerprint density at radius 2 is 1.80 bits per heavy atom. The van der Waals surface area contributed by atoms with Gasteiger partial charge in [-0.25, -0.2) is 4.98 Å². The van der Waals surface area contributed by atoms with Crippen LogP contribution < -0.4 is 15.4 Å². The van der Waals surface area contributed by atoms with Crippen molar-refractivity contribution in [1.82, 2.24) is 9.97 Å². The van der Waals surface area contributed by atoms with Crippen molar-refractivity contribution in [3.63, 3.8) is 0 Å². The molecular weight excluding hydrogens is 444 g/mol. The van der Waals surface area contributed by atoms with Gasteiger partial charge in [-0.2, -0.15) is 0 Å². The number of pyridine rings is 2. The van der Waals surface area contributed by atoms with Crippen LogP contribution in [0, 0.1) is 0 Å². The number of furan rings is 1. The second-order valence-electron chi connectivity index (χ2n) is 7.61. The standard InChI is InChI=1S/C27H20N4O4/c1-34-25-14-18(10-11-22(25)31-26(32)17-6-4-12-28-16-17)29-27(33)20-15-23(24-9-5-13-35-24)30-21-8-3-2-7-19(20)21/h2-16H,1H3,(H,29,33)(H,31,32). The van der Waals surface area contributed by atoms with Crippen molar-refractivity contribution in [1.29, 1.82) is 0 Å². The van der Waals surface area contributed by atoms with Gasteiger partial charge < -0.3 is 19.8 Å². The molecule has 2 aromatic carbocycles. The van der Waals surface area contributed by atoms with E-state index in [0.29, 0.717) is 50.6 Å². The van der Waals surface area contributed by atoms with E-state index in [1.165, 1.54) is 13.3 Å². The van der Waals surface area contributed by atoms with Crippen molar-refractivity contribution < 1.29 is 18.7 Å². The fourth-order valence-electron chi connectivity index (χ4n) is 3.68. The zero-order valence-corrected chi connectivity index (χ0v) is 18.7. The number of amides is 2. The zero-order valence-electron chi connectivity index (χ0n) is 18.7. The minimum atomic E-state index is -0.318. The summed E-state index contributed by atoms with van der Waals surface area (Å²) in [7, 11) is 1.49. The van der Waals surface area contributed by atoms with E-state index in [0.717, 1.165) is 0 Å². The SMILES string of the molecule is COc1cc(NC(=O)c2cc(-c3ccco3)nc3ccccc23)ccc1NC(=O)c1cccnc1. The van der Waals surface area contributed by atoms with Crippen LogP contribution in [0.3, 0.4) is 0 Å². The summed E-state index contributed by atoms with van der Waals surface area (Å²) in [5.41, 5.74) is 3.08. The van der Waals surface area contributed by atoms with Crippen LogP contribution >= 0.6 is 0 Å². The minimum Gasteiger partial charge on any atom is -0.494 e. The Bertz CT molecular complexity index is 1520. The first-order valence-corrected chi connectivity index (χ1v) is 10.8. The number of nitrogens with zero attached hydrogens (tertiary/aromatic N) is 2. The van der Waals surface area contributed by atoms with E-state index in [1.54, 1.807) is 61.0 Å². The molecule has 3 heterocycles. The third-order valence-electron chi connectivity index (χ3n) is 5.37. The van der Waals surface area contributed by atoms with Crippen molar-refractivity contribution in [2.24, 2.45) is 0 Å². The Morgan fingerprint density at radius 1 is 0.914 bits per heavy atom. The fraction of sp³-hybridized carbons (Fsp3) is 0.0370. The number of aromatic nitrogens is 2. The Hall–Kier alpha value is -4.98. The normalized spacial score (nSPS) is 10.7. The van der Waals surface area contributed by atoms with Crippen molar-refractivity contribution in [2.75, 3.05) is 17.7 Å². The average Bonchev–Trinajstić information content (AvgIpc) is 3.44. The maximum atomic E-state index is 13.3. The smallest absolute Gasteiger partial charge is 0.257 e. The molecule has 0 aliphatic heterocycles. The Labute approximate surface area is 200 Å². The van der Waals surface area contributed by atoms with E-state index in [-0.39, 0.29) is 11.8 Å². The molecule has 0 aliphatic rings. The van der Waals surface area contributed by atoms with Crippen molar-refractivity contribution in [3.8, 4) is 17.2 Å². The van der Waals surface area contributed by atoms with Crippen LogP contribution in [0.15, 0.2) is 95.9 Å². The first kappa shape index (κ1) is 21.8. The molecule has 0 aliphatic carbocycles. The predicted octanol–water partition coefficient (Wildman–Crippen LogP) is 5.40. The topological polar surface area (TPSA) is 106 Å². The summed E-state index contributed by atoms with van der Waals surface area (Å²) in [6.45, 7) is 0. The lowest BCUT2D eigenvalue weighted by Crippen LogP contribution is -2.15. The molecule has 3 aromatic heterocycles. The highest BCUT2D eigenvalue weighted by molar-refractivity contribution is 6.13. The van der Waals surface area contributed by atoms with E-state index in [9.17, 15) is 9.59 Å². The Kier molecular flexibility index (Phi) is 5.92. The summed E-state index contributed by atoms with van der Waals surface area (Å²) in [6.07, 6.45) is 4.64. The number of anilines is 2. The number of hydrogen-bond donors (Lipinski definition) is 2. The van der Waals surface area contributed by atoms with Gasteiger partial charge in [-0.3, -0.25) is 14.6 Å². The molecule has 0 bridgehead atoms. The second kappa shape index (κ2) is 9.48. The molecular formula is C27H20N4O4. The predicted molar refractivity (Wildman–Crippen MR) is 133 cm³/mol. The van der Waals surface area contributed by atoms with Gasteiger partial charge in [-0.15, -0.1) is 0 Å². The largest absolute Gasteiger partial charge is 0.494 e. The molecule has 8 heteroatoms. The number of para-hydroxylation sites is 1. The van der Waals surface area contributed by atoms with Gasteiger partial charge in [0.1, 0.15) is 11.4 Å². The van der Waals surface area contributed by atoms with Gasteiger partial charge in [-0.05, 0) is 48.5 Å². The first-order valence-electron chi connectivity index (χ1n) is 10.8. The van der Waals surface area contributed by atoms with Gasteiger partial charge in [0.25, 0.3) is 11.8 Å². The average molecular weight is 464 g/mol. The third kappa shape index (κ3) is 4.58. The van der Waals surface area contributed by atoms with Gasteiger partial charge in [0.05, 0.1) is 35.7 Å². The maximum absolute atomic E-state index is 13.3. The van der Waals surface area contributed by atoms with E-state index < -0.39 is 0 Å². The van der Waals surface area contributed by atoms with Crippen LogP contribution in [0.2, 0.25) is 0 Å². The molecule has 0 spiro atoms. The Morgan fingerprint density at radius 3 is 2.57 bits per heavy atom. The number of methoxy groups -OCH3 is 1. The fourth-order valence-corrected chi connectivity index (χ4v) is 3.68. The zero-order chi connectivity index (χ0) is 24.2. The number of fused-ring (bicyclic) bond motifs is 1. The number of hydrogen-bond acceptors (Lipinski definition) is 6. The quantitative estimate of drug-likeness (QED) is 0.348. The molecule has 0 unspecified atom stereocenters. The first-order chi connectivity index (χ1) is 17.1. The highest BCUT2D eigenvalue weighted by atomic mass is 16.5. The molecule has 0 radical (unpaired) electrons. The van der Waals surface area contributed by atoms with Crippen LogP contribution in [0.4, 0.5) is 11.4 Å². The molecule has 172 valence electrons. The van der Waals surface area contributed by atoms with Crippen LogP contribution in [0.25, 0.3) is 22.4 Å². The third-order valence-corrected chi connectivity index (χ3v) is 5.37. The highest BCUT2D eigenvalue weighted by Gasteiger charge is 2.17. The monoisotopic (exact) mass is 464 g/mol. The van der Waals surface area contributed by atoms with E-state index in [1.807, 2.05) is 24.3 Å². The van der Waals surface area contributed by atoms with Crippen molar-refractivity contribution >= 4 is 34.1 Å². The molecule has 5 rings (SSSR count). The van der Waals surface area contributed by atoms with Crippen LogP contribution in [0.5, 0.6) is 5.75 Å². The second-order valence-corrected chi connectivity index (χ2v) is 7.61. The summed E-state index contributed by atoms with van der Waals surface area (Å²) >= 11 is 0. The summed E-state index contributed by atoms with van der Waals surface area (Å²) in [5, 5.41) is 6.43. The summed E-state index contributed by atoms with van der Waals surface area (Å²) in [6, 6.07) is 21.0. The molecule has 0 saturated carbocycles. The lowest BCUT2D eigenvalue weighted by Gasteiger charge is -2.13. The van der Waals surface area contributed by atoms with E-state index >= 15 is 0 Å². The molecule has 0 fully saturated rings. The number of carbonyl (C=O) groups is 2. The molecule has 35 heavy (non-hydrogen) atoms. The lowest BCUT2D eigenvalue weighted by molar-refractivity contribution is 0.101. The van der Waals surface area contributed by atoms with Crippen LogP contribution in [-0.2, 0) is 0 Å². The van der Waals surface area contributed by atoms with Crippen molar-refractivity contribution in [2.45, 2.75) is 0 Å². The number of ether oxygens (including phenoxy) is 1. The summed E-state index contributed by atoms with van der Waals surface area (Å²) in [4.78, 5) is 34.4. The molecule has 0 saturated heterocycles. The van der Waals surface area contributed by atoms with Gasteiger partial charge in [0.2, 0.25) is 0 Å². The van der Waals surface area contributed by atoms with Gasteiger partial charge in [0.15, 0.2) is 5.76 Å². The van der Waals surface area contributed by atoms with Gasteiger partial charge in [-0.1, -0.05) is 18.2 Å². The molecule has 5 aromatic rings. The molecule has 8 nitrogen and oxygen atoms in total. The lowest BCUT2D eigenvalue weighted by atomic mass is 10.1. The number of carbonyl (C=O) groups excluding carboxylic acids is 2. The summed E-state index contributed by atoms with van der Waals surface area (Å²) in [5.74, 6) is 0.337. The van der Waals surface area contributed by atoms with E-state index in [4.69, 9.17) is 9.15 Å². The number of benzene rings is 2. The minimum absolute atomic E-state index is 0.314. The highest BCUT2D eigenvalue weighted by Crippen LogP contribution is 2.30. The maximum Gasteiger partial charge on any atom is 0.257 e. The number of nitrogens with one attached hydrogen (secondary N) is 2. The summed E-state index contributed by atoms with van der Waals surface area (Å²) < 4.78 is 10.9. The molecule has 2 N–H and O–H groups in total. The van der Waals surface area contributed by atoms with Gasteiger partial charge >= 0.3 is 0 Å².